The van der Waals surface area contributed by atoms with Crippen LogP contribution < -0.4 is 16.0 Å². The minimum atomic E-state index is -0.552. The van der Waals surface area contributed by atoms with Gasteiger partial charge in [-0.2, -0.15) is 0 Å². The van der Waals surface area contributed by atoms with Gasteiger partial charge in [-0.25, -0.2) is 4.39 Å². The summed E-state index contributed by atoms with van der Waals surface area (Å²) in [5, 5.41) is 2.90. The zero-order chi connectivity index (χ0) is 18.4. The van der Waals surface area contributed by atoms with E-state index in [-0.39, 0.29) is 18.0 Å². The summed E-state index contributed by atoms with van der Waals surface area (Å²) in [6.45, 7) is 4.40. The fraction of sp³-hybridized carbons (Fsp3) is 0.263. The van der Waals surface area contributed by atoms with Gasteiger partial charge in [0.2, 0.25) is 5.91 Å². The number of primary amides is 1. The predicted molar refractivity (Wildman–Crippen MR) is 97.0 cm³/mol. The number of anilines is 2. The van der Waals surface area contributed by atoms with Gasteiger partial charge in [-0.15, -0.1) is 0 Å². The van der Waals surface area contributed by atoms with Gasteiger partial charge in [0, 0.05) is 17.9 Å². The van der Waals surface area contributed by atoms with Gasteiger partial charge < -0.3 is 16.0 Å². The Balaban J connectivity index is 2.34. The molecular formula is C19H22FN3O2. The highest BCUT2D eigenvalue weighted by atomic mass is 19.1. The number of nitrogens with zero attached hydrogens (tertiary/aromatic N) is 1. The van der Waals surface area contributed by atoms with E-state index in [4.69, 9.17) is 5.73 Å². The second kappa shape index (κ2) is 8.28. The summed E-state index contributed by atoms with van der Waals surface area (Å²) in [4.78, 5) is 25.3. The maximum Gasteiger partial charge on any atom is 0.261 e. The molecule has 0 saturated carbocycles. The second-order valence-corrected chi connectivity index (χ2v) is 6.16. The summed E-state index contributed by atoms with van der Waals surface area (Å²) in [5.41, 5.74) is 6.44. The third-order valence-electron chi connectivity index (χ3n) is 3.52. The minimum Gasteiger partial charge on any atom is -0.376 e. The van der Waals surface area contributed by atoms with Gasteiger partial charge in [-0.05, 0) is 36.2 Å². The molecule has 0 radical (unpaired) electrons. The molecule has 0 saturated heterocycles. The Labute approximate surface area is 146 Å². The van der Waals surface area contributed by atoms with E-state index in [1.807, 2.05) is 13.8 Å². The Morgan fingerprint density at radius 2 is 1.88 bits per heavy atom. The zero-order valence-corrected chi connectivity index (χ0v) is 14.3. The molecule has 0 fully saturated rings. The molecule has 25 heavy (non-hydrogen) atoms. The fourth-order valence-electron chi connectivity index (χ4n) is 2.42. The van der Waals surface area contributed by atoms with Gasteiger partial charge in [0.1, 0.15) is 5.82 Å². The van der Waals surface area contributed by atoms with E-state index >= 15 is 0 Å². The fourth-order valence-corrected chi connectivity index (χ4v) is 2.42. The van der Waals surface area contributed by atoms with Crippen molar-refractivity contribution in [1.29, 1.82) is 0 Å². The standard InChI is InChI=1S/C19H22FN3O2/c1-13(2)12-23(19(25)16-8-3-4-9-17(16)20)15-7-5-6-14(10-15)22-11-18(21)24/h3-10,13,22H,11-12H2,1-2H3,(H2,21,24). The third-order valence-corrected chi connectivity index (χ3v) is 3.52. The minimum absolute atomic E-state index is 0.00507. The van der Waals surface area contributed by atoms with E-state index in [1.54, 1.807) is 41.3 Å². The van der Waals surface area contributed by atoms with Crippen molar-refractivity contribution in [2.45, 2.75) is 13.8 Å². The Hall–Kier alpha value is -2.89. The molecule has 0 aliphatic carbocycles. The van der Waals surface area contributed by atoms with Crippen molar-refractivity contribution in [3.05, 3.63) is 59.9 Å². The molecule has 0 aromatic heterocycles. The summed E-state index contributed by atoms with van der Waals surface area (Å²) in [6, 6.07) is 13.0. The van der Waals surface area contributed by atoms with Crippen molar-refractivity contribution >= 4 is 23.2 Å². The van der Waals surface area contributed by atoms with Gasteiger partial charge in [-0.1, -0.05) is 32.0 Å². The lowest BCUT2D eigenvalue weighted by molar-refractivity contribution is -0.116. The van der Waals surface area contributed by atoms with Crippen LogP contribution in [-0.4, -0.2) is 24.9 Å². The lowest BCUT2D eigenvalue weighted by atomic mass is 10.1. The largest absolute Gasteiger partial charge is 0.376 e. The Kier molecular flexibility index (Phi) is 6.11. The van der Waals surface area contributed by atoms with Gasteiger partial charge in [0.05, 0.1) is 12.1 Å². The maximum atomic E-state index is 14.0. The molecule has 0 bridgehead atoms. The normalized spacial score (nSPS) is 10.6. The molecule has 0 aliphatic heterocycles. The van der Waals surface area contributed by atoms with Crippen LogP contribution in [-0.2, 0) is 4.79 Å². The molecule has 0 aliphatic rings. The molecular weight excluding hydrogens is 321 g/mol. The molecule has 5 nitrogen and oxygen atoms in total. The Morgan fingerprint density at radius 1 is 1.16 bits per heavy atom. The van der Waals surface area contributed by atoms with Crippen LogP contribution in [0.25, 0.3) is 0 Å². The summed E-state index contributed by atoms with van der Waals surface area (Å²) in [5.74, 6) is -1.24. The molecule has 0 spiro atoms. The van der Waals surface area contributed by atoms with Crippen LogP contribution in [0.3, 0.4) is 0 Å². The van der Waals surface area contributed by atoms with E-state index in [9.17, 15) is 14.0 Å². The Morgan fingerprint density at radius 3 is 2.52 bits per heavy atom. The van der Waals surface area contributed by atoms with E-state index in [1.165, 1.54) is 12.1 Å². The quantitative estimate of drug-likeness (QED) is 0.811. The highest BCUT2D eigenvalue weighted by molar-refractivity contribution is 6.06. The number of carbonyl (C=O) groups is 2. The first-order valence-corrected chi connectivity index (χ1v) is 8.07. The van der Waals surface area contributed by atoms with Crippen molar-refractivity contribution < 1.29 is 14.0 Å². The highest BCUT2D eigenvalue weighted by Gasteiger charge is 2.21. The number of nitrogens with two attached hydrogens (primary N) is 1. The molecule has 2 rings (SSSR count). The van der Waals surface area contributed by atoms with E-state index in [0.717, 1.165) is 0 Å². The van der Waals surface area contributed by atoms with Crippen LogP contribution in [0.1, 0.15) is 24.2 Å². The van der Waals surface area contributed by atoms with Gasteiger partial charge in [0.25, 0.3) is 5.91 Å². The third kappa shape index (κ3) is 5.04. The molecule has 2 amide bonds. The lowest BCUT2D eigenvalue weighted by Gasteiger charge is -2.25. The van der Waals surface area contributed by atoms with E-state index in [0.29, 0.717) is 17.9 Å². The number of amides is 2. The molecule has 2 aromatic carbocycles. The average Bonchev–Trinajstić information content (AvgIpc) is 2.58. The average molecular weight is 343 g/mol. The van der Waals surface area contributed by atoms with Gasteiger partial charge in [-0.3, -0.25) is 9.59 Å². The molecule has 0 unspecified atom stereocenters. The summed E-state index contributed by atoms with van der Waals surface area (Å²) < 4.78 is 14.0. The summed E-state index contributed by atoms with van der Waals surface area (Å²) >= 11 is 0. The van der Waals surface area contributed by atoms with Crippen LogP contribution in [0.4, 0.5) is 15.8 Å². The van der Waals surface area contributed by atoms with E-state index < -0.39 is 17.6 Å². The first kappa shape index (κ1) is 18.4. The molecule has 2 aromatic rings. The number of hydrogen-bond acceptors (Lipinski definition) is 3. The van der Waals surface area contributed by atoms with Crippen LogP contribution >= 0.6 is 0 Å². The summed E-state index contributed by atoms with van der Waals surface area (Å²) in [7, 11) is 0. The first-order chi connectivity index (χ1) is 11.9. The van der Waals surface area contributed by atoms with Crippen LogP contribution in [0, 0.1) is 11.7 Å². The SMILES string of the molecule is CC(C)CN(C(=O)c1ccccc1F)c1cccc(NCC(N)=O)c1. The number of hydrogen-bond donors (Lipinski definition) is 2. The number of benzene rings is 2. The molecule has 3 N–H and O–H groups in total. The predicted octanol–water partition coefficient (Wildman–Crippen LogP) is 3.03. The zero-order valence-electron chi connectivity index (χ0n) is 14.3. The van der Waals surface area contributed by atoms with Crippen LogP contribution in [0.5, 0.6) is 0 Å². The van der Waals surface area contributed by atoms with Gasteiger partial charge in [0.15, 0.2) is 0 Å². The van der Waals surface area contributed by atoms with Gasteiger partial charge >= 0.3 is 0 Å². The van der Waals surface area contributed by atoms with E-state index in [2.05, 4.69) is 5.32 Å². The Bertz CT molecular complexity index is 762. The topological polar surface area (TPSA) is 75.4 Å². The highest BCUT2D eigenvalue weighted by Crippen LogP contribution is 2.23. The van der Waals surface area contributed by atoms with Crippen molar-refractivity contribution in [3.8, 4) is 0 Å². The number of nitrogens with one attached hydrogen (secondary N) is 1. The number of rotatable bonds is 7. The molecule has 132 valence electrons. The van der Waals surface area contributed by atoms with Crippen molar-refractivity contribution in [3.63, 3.8) is 0 Å². The maximum absolute atomic E-state index is 14.0. The van der Waals surface area contributed by atoms with Crippen molar-refractivity contribution in [2.24, 2.45) is 11.7 Å². The van der Waals surface area contributed by atoms with Crippen molar-refractivity contribution in [2.75, 3.05) is 23.3 Å². The monoisotopic (exact) mass is 343 g/mol. The van der Waals surface area contributed by atoms with Crippen LogP contribution in [0.2, 0.25) is 0 Å². The second-order valence-electron chi connectivity index (χ2n) is 6.16. The lowest BCUT2D eigenvalue weighted by Crippen LogP contribution is -2.34. The van der Waals surface area contributed by atoms with Crippen LogP contribution in [0.15, 0.2) is 48.5 Å². The molecule has 0 heterocycles. The first-order valence-electron chi connectivity index (χ1n) is 8.07. The van der Waals surface area contributed by atoms with Crippen molar-refractivity contribution in [1.82, 2.24) is 0 Å². The number of halogens is 1. The molecule has 6 heteroatoms. The summed E-state index contributed by atoms with van der Waals surface area (Å²) in [6.07, 6.45) is 0. The molecule has 0 atom stereocenters. The smallest absolute Gasteiger partial charge is 0.261 e. The number of carbonyl (C=O) groups excluding carboxylic acids is 2.